The molecule has 0 atom stereocenters. The summed E-state index contributed by atoms with van der Waals surface area (Å²) in [5.74, 6) is 0.929. The fourth-order valence-corrected chi connectivity index (χ4v) is 2.46. The van der Waals surface area contributed by atoms with Crippen molar-refractivity contribution in [3.8, 4) is 0 Å². The van der Waals surface area contributed by atoms with E-state index in [1.54, 1.807) is 11.8 Å². The molecule has 102 valence electrons. The van der Waals surface area contributed by atoms with Gasteiger partial charge < -0.3 is 5.32 Å². The number of aromatic nitrogens is 5. The summed E-state index contributed by atoms with van der Waals surface area (Å²) in [4.78, 5) is 4.30. The molecule has 0 spiro atoms. The highest BCUT2D eigenvalue weighted by Crippen LogP contribution is 2.14. The van der Waals surface area contributed by atoms with Crippen LogP contribution in [0.3, 0.4) is 0 Å². The second kappa shape index (κ2) is 7.85. The Balaban J connectivity index is 1.78. The van der Waals surface area contributed by atoms with Gasteiger partial charge >= 0.3 is 0 Å². The van der Waals surface area contributed by atoms with Crippen LogP contribution in [0.5, 0.6) is 0 Å². The molecule has 2 heterocycles. The predicted molar refractivity (Wildman–Crippen MR) is 75.0 cm³/mol. The smallest absolute Gasteiger partial charge is 0.209 e. The van der Waals surface area contributed by atoms with Gasteiger partial charge in [-0.3, -0.25) is 4.98 Å². The topological polar surface area (TPSA) is 68.5 Å². The zero-order chi connectivity index (χ0) is 13.3. The molecule has 7 heteroatoms. The molecule has 0 unspecified atom stereocenters. The number of pyridine rings is 1. The SMILES string of the molecule is CCNCCn1nnnc1SCCc1ccccn1. The molecule has 0 saturated heterocycles. The number of likely N-dealkylation sites (N-methyl/N-ethyl adjacent to an activating group) is 1. The molecule has 0 amide bonds. The van der Waals surface area contributed by atoms with Crippen molar-refractivity contribution in [2.45, 2.75) is 25.0 Å². The third kappa shape index (κ3) is 4.60. The van der Waals surface area contributed by atoms with Gasteiger partial charge in [0.1, 0.15) is 0 Å². The molecular weight excluding hydrogens is 260 g/mol. The Labute approximate surface area is 117 Å². The van der Waals surface area contributed by atoms with E-state index >= 15 is 0 Å². The lowest BCUT2D eigenvalue weighted by atomic mass is 10.3. The predicted octanol–water partition coefficient (Wildman–Crippen LogP) is 1.01. The Kier molecular flexibility index (Phi) is 5.77. The van der Waals surface area contributed by atoms with Crippen molar-refractivity contribution in [3.05, 3.63) is 30.1 Å². The fourth-order valence-electron chi connectivity index (χ4n) is 1.59. The Bertz CT molecular complexity index is 472. The number of thioether (sulfide) groups is 1. The quantitative estimate of drug-likeness (QED) is 0.574. The number of hydrogen-bond donors (Lipinski definition) is 1. The lowest BCUT2D eigenvalue weighted by Gasteiger charge is -2.04. The molecule has 0 saturated carbocycles. The molecule has 0 aromatic carbocycles. The molecule has 2 aromatic heterocycles. The molecular formula is C12H18N6S. The minimum Gasteiger partial charge on any atom is -0.315 e. The van der Waals surface area contributed by atoms with E-state index in [0.29, 0.717) is 0 Å². The third-order valence-corrected chi connectivity index (χ3v) is 3.52. The van der Waals surface area contributed by atoms with Gasteiger partial charge in [-0.25, -0.2) is 4.68 Å². The van der Waals surface area contributed by atoms with Crippen molar-refractivity contribution in [2.75, 3.05) is 18.8 Å². The van der Waals surface area contributed by atoms with E-state index in [1.165, 1.54) is 0 Å². The van der Waals surface area contributed by atoms with Crippen LogP contribution in [0.1, 0.15) is 12.6 Å². The van der Waals surface area contributed by atoms with Crippen LogP contribution in [-0.4, -0.2) is 44.0 Å². The molecule has 19 heavy (non-hydrogen) atoms. The van der Waals surface area contributed by atoms with Gasteiger partial charge in [-0.05, 0) is 35.5 Å². The fraction of sp³-hybridized carbons (Fsp3) is 0.500. The van der Waals surface area contributed by atoms with Crippen molar-refractivity contribution >= 4 is 11.8 Å². The molecule has 0 bridgehead atoms. The Morgan fingerprint density at radius 1 is 1.37 bits per heavy atom. The highest BCUT2D eigenvalue weighted by atomic mass is 32.2. The maximum atomic E-state index is 4.30. The first-order chi connectivity index (χ1) is 9.40. The number of nitrogens with one attached hydrogen (secondary N) is 1. The summed E-state index contributed by atoms with van der Waals surface area (Å²) >= 11 is 1.67. The van der Waals surface area contributed by atoms with Gasteiger partial charge in [-0.2, -0.15) is 0 Å². The van der Waals surface area contributed by atoms with E-state index in [-0.39, 0.29) is 0 Å². The first-order valence-corrected chi connectivity index (χ1v) is 7.38. The highest BCUT2D eigenvalue weighted by Gasteiger charge is 2.06. The second-order valence-electron chi connectivity index (χ2n) is 3.96. The first kappa shape index (κ1) is 14.0. The van der Waals surface area contributed by atoms with Crippen molar-refractivity contribution in [2.24, 2.45) is 0 Å². The molecule has 0 aliphatic rings. The summed E-state index contributed by atoms with van der Waals surface area (Å²) in [5.41, 5.74) is 1.10. The average Bonchev–Trinajstić information content (AvgIpc) is 2.88. The van der Waals surface area contributed by atoms with Gasteiger partial charge in [0, 0.05) is 24.2 Å². The summed E-state index contributed by atoms with van der Waals surface area (Å²) in [6.07, 6.45) is 2.74. The molecule has 0 aliphatic heterocycles. The van der Waals surface area contributed by atoms with Gasteiger partial charge in [-0.15, -0.1) is 5.10 Å². The van der Waals surface area contributed by atoms with Crippen molar-refractivity contribution in [1.82, 2.24) is 30.5 Å². The molecule has 2 rings (SSSR count). The van der Waals surface area contributed by atoms with Crippen LogP contribution in [0.4, 0.5) is 0 Å². The largest absolute Gasteiger partial charge is 0.315 e. The van der Waals surface area contributed by atoms with E-state index in [2.05, 4.69) is 32.7 Å². The Hall–Kier alpha value is -1.47. The van der Waals surface area contributed by atoms with Crippen LogP contribution in [0.25, 0.3) is 0 Å². The Morgan fingerprint density at radius 2 is 2.32 bits per heavy atom. The maximum Gasteiger partial charge on any atom is 0.209 e. The summed E-state index contributed by atoms with van der Waals surface area (Å²) in [6, 6.07) is 5.97. The van der Waals surface area contributed by atoms with Gasteiger partial charge in [0.05, 0.1) is 6.54 Å². The second-order valence-corrected chi connectivity index (χ2v) is 5.02. The van der Waals surface area contributed by atoms with Crippen molar-refractivity contribution < 1.29 is 0 Å². The number of tetrazole rings is 1. The van der Waals surface area contributed by atoms with E-state index in [9.17, 15) is 0 Å². The summed E-state index contributed by atoms with van der Waals surface area (Å²) in [5, 5.41) is 15.9. The van der Waals surface area contributed by atoms with E-state index < -0.39 is 0 Å². The molecule has 0 aliphatic carbocycles. The number of hydrogen-bond acceptors (Lipinski definition) is 6. The maximum absolute atomic E-state index is 4.30. The molecule has 2 aromatic rings. The van der Waals surface area contributed by atoms with Crippen molar-refractivity contribution in [1.29, 1.82) is 0 Å². The number of aryl methyl sites for hydroxylation is 1. The van der Waals surface area contributed by atoms with Crippen LogP contribution in [0, 0.1) is 0 Å². The van der Waals surface area contributed by atoms with Crippen molar-refractivity contribution in [3.63, 3.8) is 0 Å². The molecule has 0 fully saturated rings. The minimum absolute atomic E-state index is 0.798. The van der Waals surface area contributed by atoms with Crippen LogP contribution in [-0.2, 0) is 13.0 Å². The average molecular weight is 278 g/mol. The van der Waals surface area contributed by atoms with Gasteiger partial charge in [0.15, 0.2) is 0 Å². The normalized spacial score (nSPS) is 10.8. The zero-order valence-electron chi connectivity index (χ0n) is 11.0. The standard InChI is InChI=1S/C12H18N6S/c1-2-13-8-9-18-12(15-16-17-18)19-10-6-11-5-3-4-7-14-11/h3-5,7,13H,2,6,8-10H2,1H3. The third-order valence-electron chi connectivity index (χ3n) is 2.56. The van der Waals surface area contributed by atoms with E-state index in [1.807, 2.05) is 29.1 Å². The number of nitrogens with zero attached hydrogens (tertiary/aromatic N) is 5. The van der Waals surface area contributed by atoms with Crippen LogP contribution < -0.4 is 5.32 Å². The van der Waals surface area contributed by atoms with Crippen LogP contribution in [0.15, 0.2) is 29.6 Å². The Morgan fingerprint density at radius 3 is 3.11 bits per heavy atom. The zero-order valence-corrected chi connectivity index (χ0v) is 11.8. The summed E-state index contributed by atoms with van der Waals surface area (Å²) in [7, 11) is 0. The lowest BCUT2D eigenvalue weighted by molar-refractivity contribution is 0.517. The monoisotopic (exact) mass is 278 g/mol. The molecule has 0 radical (unpaired) electrons. The first-order valence-electron chi connectivity index (χ1n) is 6.39. The minimum atomic E-state index is 0.798. The van der Waals surface area contributed by atoms with Gasteiger partial charge in [0.25, 0.3) is 0 Å². The van der Waals surface area contributed by atoms with Crippen LogP contribution >= 0.6 is 11.8 Å². The van der Waals surface area contributed by atoms with Gasteiger partial charge in [-0.1, -0.05) is 24.8 Å². The molecule has 1 N–H and O–H groups in total. The van der Waals surface area contributed by atoms with Crippen LogP contribution in [0.2, 0.25) is 0 Å². The highest BCUT2D eigenvalue weighted by molar-refractivity contribution is 7.99. The van der Waals surface area contributed by atoms with E-state index in [0.717, 1.165) is 42.7 Å². The van der Waals surface area contributed by atoms with E-state index in [4.69, 9.17) is 0 Å². The number of rotatable bonds is 8. The molecule has 6 nitrogen and oxygen atoms in total. The summed E-state index contributed by atoms with van der Waals surface area (Å²) in [6.45, 7) is 4.73. The van der Waals surface area contributed by atoms with Gasteiger partial charge in [0.2, 0.25) is 5.16 Å². The lowest BCUT2D eigenvalue weighted by Crippen LogP contribution is -2.20. The summed E-state index contributed by atoms with van der Waals surface area (Å²) < 4.78 is 1.84.